The lowest BCUT2D eigenvalue weighted by Gasteiger charge is -2.32. The number of carbonyl (C=O) groups excluding carboxylic acids is 1. The van der Waals surface area contributed by atoms with E-state index in [9.17, 15) is 4.79 Å². The van der Waals surface area contributed by atoms with Gasteiger partial charge in [0, 0.05) is 28.4 Å². The molecule has 0 radical (unpaired) electrons. The summed E-state index contributed by atoms with van der Waals surface area (Å²) in [6.45, 7) is 11.5. The maximum Gasteiger partial charge on any atom is 0.219 e. The number of carbonyl (C=O) groups is 1. The summed E-state index contributed by atoms with van der Waals surface area (Å²) in [5.74, 6) is 0.0674. The third kappa shape index (κ3) is 9.35. The zero-order valence-electron chi connectivity index (χ0n) is 14.2. The second-order valence-electron chi connectivity index (χ2n) is 5.60. The molecule has 0 spiro atoms. The Kier molecular flexibility index (Phi) is 11.3. The smallest absolute Gasteiger partial charge is 0.219 e. The second kappa shape index (κ2) is 12.8. The molecule has 0 saturated carbocycles. The summed E-state index contributed by atoms with van der Waals surface area (Å²) in [7, 11) is 0. The number of likely N-dealkylation sites (tertiary alicyclic amines) is 1. The van der Waals surface area contributed by atoms with Gasteiger partial charge in [0.05, 0.1) is 26.4 Å². The Morgan fingerprint density at radius 3 is 2.45 bits per heavy atom. The van der Waals surface area contributed by atoms with Crippen molar-refractivity contribution in [2.45, 2.75) is 39.2 Å². The molecule has 0 bridgehead atoms. The van der Waals surface area contributed by atoms with Crippen LogP contribution in [0.3, 0.4) is 0 Å². The summed E-state index contributed by atoms with van der Waals surface area (Å²) >= 11 is 0. The van der Waals surface area contributed by atoms with Gasteiger partial charge in [-0.15, -0.1) is 0 Å². The highest BCUT2D eigenvalue weighted by Gasteiger charge is 2.17. The van der Waals surface area contributed by atoms with Gasteiger partial charge in [-0.1, -0.05) is 13.8 Å². The molecule has 0 atom stereocenters. The Balaban J connectivity index is 0. The van der Waals surface area contributed by atoms with Crippen molar-refractivity contribution in [3.63, 3.8) is 0 Å². The third-order valence-electron chi connectivity index (χ3n) is 3.89. The molecule has 6 nitrogen and oxygen atoms in total. The lowest BCUT2D eigenvalue weighted by atomic mass is 10.1. The maximum absolute atomic E-state index is 11.0. The summed E-state index contributed by atoms with van der Waals surface area (Å²) < 4.78 is 11.0. The Morgan fingerprint density at radius 1 is 1.14 bits per heavy atom. The molecule has 134 valence electrons. The molecule has 1 aliphatic rings. The van der Waals surface area contributed by atoms with Crippen LogP contribution in [0, 0.1) is 0 Å². The van der Waals surface area contributed by atoms with Crippen LogP contribution < -0.4 is 10.6 Å². The van der Waals surface area contributed by atoms with Crippen LogP contribution in [-0.4, -0.2) is 76.0 Å². The fourth-order valence-corrected chi connectivity index (χ4v) is 2.55. The molecule has 0 aliphatic carbocycles. The van der Waals surface area contributed by atoms with Gasteiger partial charge < -0.3 is 25.0 Å². The number of piperidine rings is 1. The summed E-state index contributed by atoms with van der Waals surface area (Å²) in [4.78, 5) is 13.5. The van der Waals surface area contributed by atoms with Gasteiger partial charge in [0.2, 0.25) is 5.91 Å². The number of nitrogens with zero attached hydrogens (tertiary/aromatic N) is 1. The molecule has 0 aromatic rings. The first kappa shape index (κ1) is 19.4. The lowest BCUT2D eigenvalue weighted by molar-refractivity contribution is -0.121. The van der Waals surface area contributed by atoms with Gasteiger partial charge in [0.25, 0.3) is 0 Å². The van der Waals surface area contributed by atoms with Crippen molar-refractivity contribution in [2.24, 2.45) is 0 Å². The van der Waals surface area contributed by atoms with E-state index in [1.54, 1.807) is 0 Å². The second-order valence-corrected chi connectivity index (χ2v) is 5.60. The summed E-state index contributed by atoms with van der Waals surface area (Å²) in [6.07, 6.45) is 3.00. The molecule has 2 N–H and O–H groups in total. The van der Waals surface area contributed by atoms with Crippen LogP contribution in [0.5, 0.6) is 0 Å². The Morgan fingerprint density at radius 2 is 1.82 bits per heavy atom. The number of amides is 1. The third-order valence-corrected chi connectivity index (χ3v) is 3.89. The van der Waals surface area contributed by atoms with Gasteiger partial charge in [-0.25, -0.2) is 0 Å². The molecule has 6 heteroatoms. The fraction of sp³-hybridized carbons (Fsp3) is 0.938. The average molecular weight is 319 g/mol. The van der Waals surface area contributed by atoms with E-state index >= 15 is 0 Å². The van der Waals surface area contributed by atoms with Crippen molar-refractivity contribution < 1.29 is 17.1 Å². The van der Waals surface area contributed by atoms with Crippen LogP contribution in [-0.2, 0) is 14.3 Å². The van der Waals surface area contributed by atoms with Crippen LogP contribution in [0.15, 0.2) is 0 Å². The van der Waals surface area contributed by atoms with E-state index in [2.05, 4.69) is 22.5 Å². The van der Waals surface area contributed by atoms with Crippen molar-refractivity contribution >= 4 is 5.91 Å². The summed E-state index contributed by atoms with van der Waals surface area (Å²) in [5.41, 5.74) is 0. The average Bonchev–Trinajstić information content (AvgIpc) is 2.54. The van der Waals surface area contributed by atoms with Crippen molar-refractivity contribution in [2.75, 3.05) is 59.2 Å². The number of ether oxygens (including phenoxy) is 2. The van der Waals surface area contributed by atoms with E-state index in [0.29, 0.717) is 38.8 Å². The molecule has 22 heavy (non-hydrogen) atoms. The molecule has 0 aromatic heterocycles. The molecule has 0 unspecified atom stereocenters. The summed E-state index contributed by atoms with van der Waals surface area (Å²) in [6, 6.07) is 0.698. The van der Waals surface area contributed by atoms with E-state index in [1.807, 2.05) is 6.92 Å². The standard InChI is InChI=1S/C16H33N3O3.2H2/c1-3-16(20)18-7-11-21-13-14-22-12-10-19-8-5-15(6-9-19)17-4-2;;/h15,17H,3-14H2,1-2H3,(H,18,20);2*1H. The van der Waals surface area contributed by atoms with Crippen molar-refractivity contribution in [1.29, 1.82) is 0 Å². The minimum atomic E-state index is 0. The molecule has 1 rings (SSSR count). The molecule has 1 fully saturated rings. The molecule has 1 saturated heterocycles. The van der Waals surface area contributed by atoms with E-state index in [0.717, 1.165) is 32.8 Å². The Hall–Kier alpha value is -0.690. The number of nitrogens with one attached hydrogen (secondary N) is 2. The zero-order chi connectivity index (χ0) is 16.0. The van der Waals surface area contributed by atoms with Gasteiger partial charge in [0.15, 0.2) is 0 Å². The minimum absolute atomic E-state index is 0. The molecule has 1 amide bonds. The fourth-order valence-electron chi connectivity index (χ4n) is 2.55. The first-order chi connectivity index (χ1) is 10.8. The van der Waals surface area contributed by atoms with E-state index in [1.165, 1.54) is 12.8 Å². The predicted molar refractivity (Wildman–Crippen MR) is 92.3 cm³/mol. The normalized spacial score (nSPS) is 16.8. The van der Waals surface area contributed by atoms with E-state index in [-0.39, 0.29) is 8.76 Å². The first-order valence-electron chi connectivity index (χ1n) is 8.64. The van der Waals surface area contributed by atoms with Crippen LogP contribution in [0.4, 0.5) is 0 Å². The van der Waals surface area contributed by atoms with Crippen LogP contribution in [0.25, 0.3) is 0 Å². The summed E-state index contributed by atoms with van der Waals surface area (Å²) in [5, 5.41) is 6.29. The van der Waals surface area contributed by atoms with Gasteiger partial charge in [-0.05, 0) is 32.5 Å². The topological polar surface area (TPSA) is 62.8 Å². The SMILES string of the molecule is CCNC1CCN(CCOCCOCCNC(=O)CC)CC1.[HH].[HH]. The molecule has 1 heterocycles. The van der Waals surface area contributed by atoms with Gasteiger partial charge in [-0.2, -0.15) is 0 Å². The highest BCUT2D eigenvalue weighted by Crippen LogP contribution is 2.09. The number of hydrogen-bond donors (Lipinski definition) is 2. The Labute approximate surface area is 137 Å². The number of rotatable bonds is 12. The predicted octanol–water partition coefficient (Wildman–Crippen LogP) is 1.11. The van der Waals surface area contributed by atoms with Crippen LogP contribution in [0.2, 0.25) is 0 Å². The maximum atomic E-state index is 11.0. The van der Waals surface area contributed by atoms with Gasteiger partial charge >= 0.3 is 0 Å². The molecular formula is C16H37N3O3. The Bertz CT molecular complexity index is 292. The quantitative estimate of drug-likeness (QED) is 0.528. The number of hydrogen-bond acceptors (Lipinski definition) is 5. The van der Waals surface area contributed by atoms with Crippen molar-refractivity contribution in [1.82, 2.24) is 15.5 Å². The van der Waals surface area contributed by atoms with Crippen molar-refractivity contribution in [3.05, 3.63) is 0 Å². The van der Waals surface area contributed by atoms with Crippen molar-refractivity contribution in [3.8, 4) is 0 Å². The monoisotopic (exact) mass is 319 g/mol. The highest BCUT2D eigenvalue weighted by atomic mass is 16.5. The highest BCUT2D eigenvalue weighted by molar-refractivity contribution is 5.75. The molecular weight excluding hydrogens is 282 g/mol. The van der Waals surface area contributed by atoms with E-state index in [4.69, 9.17) is 9.47 Å². The molecule has 1 aliphatic heterocycles. The minimum Gasteiger partial charge on any atom is -0.378 e. The largest absolute Gasteiger partial charge is 0.378 e. The van der Waals surface area contributed by atoms with E-state index < -0.39 is 0 Å². The van der Waals surface area contributed by atoms with Gasteiger partial charge in [-0.3, -0.25) is 4.79 Å². The van der Waals surface area contributed by atoms with Gasteiger partial charge in [0.1, 0.15) is 0 Å². The first-order valence-corrected chi connectivity index (χ1v) is 8.64. The van der Waals surface area contributed by atoms with Crippen LogP contribution in [0.1, 0.15) is 36.0 Å². The lowest BCUT2D eigenvalue weighted by Crippen LogP contribution is -2.43. The molecule has 0 aromatic carbocycles. The zero-order valence-corrected chi connectivity index (χ0v) is 14.2. The van der Waals surface area contributed by atoms with Crippen LogP contribution >= 0.6 is 0 Å².